The Morgan fingerprint density at radius 2 is 1.71 bits per heavy atom. The van der Waals surface area contributed by atoms with Crippen molar-refractivity contribution in [3.8, 4) is 11.5 Å². The Hall–Kier alpha value is -3.61. The summed E-state index contributed by atoms with van der Waals surface area (Å²) in [5, 5.41) is 6.06. The Bertz CT molecular complexity index is 1030. The number of ether oxygens (including phenoxy) is 2. The molecular formula is C21H20N4O3. The molecule has 0 spiro atoms. The van der Waals surface area contributed by atoms with Crippen LogP contribution in [-0.4, -0.2) is 22.7 Å². The van der Waals surface area contributed by atoms with Gasteiger partial charge in [0.1, 0.15) is 11.5 Å². The van der Waals surface area contributed by atoms with E-state index in [0.717, 1.165) is 16.8 Å². The van der Waals surface area contributed by atoms with Gasteiger partial charge in [-0.15, -0.1) is 0 Å². The van der Waals surface area contributed by atoms with Crippen LogP contribution in [0.4, 0.5) is 17.2 Å². The van der Waals surface area contributed by atoms with Crippen LogP contribution in [0.25, 0.3) is 0 Å². The van der Waals surface area contributed by atoms with Gasteiger partial charge in [0.05, 0.1) is 12.4 Å². The third-order valence-corrected chi connectivity index (χ3v) is 4.45. The van der Waals surface area contributed by atoms with Crippen LogP contribution in [0.2, 0.25) is 0 Å². The number of aryl methyl sites for hydroxylation is 3. The molecule has 7 nitrogen and oxygen atoms in total. The zero-order valence-electron chi connectivity index (χ0n) is 15.9. The Labute approximate surface area is 162 Å². The smallest absolute Gasteiger partial charge is 0.275 e. The lowest BCUT2D eigenvalue weighted by molar-refractivity contribution is 0.102. The maximum absolute atomic E-state index is 12.4. The van der Waals surface area contributed by atoms with Crippen LogP contribution in [0.5, 0.6) is 11.5 Å². The van der Waals surface area contributed by atoms with Gasteiger partial charge in [-0.3, -0.25) is 4.79 Å². The second-order valence-corrected chi connectivity index (χ2v) is 6.71. The minimum atomic E-state index is -0.347. The standard InChI is InChI=1S/C21H20N4O3/c1-12-6-13(2)20(14(3)7-12)25-19-10-22-16(9-23-19)21(26)24-15-4-5-17-18(8-15)28-11-27-17/h4-10H,11H2,1-3H3,(H,23,25)(H,24,26). The van der Waals surface area contributed by atoms with Gasteiger partial charge in [-0.25, -0.2) is 9.97 Å². The lowest BCUT2D eigenvalue weighted by Gasteiger charge is -2.13. The second kappa shape index (κ2) is 7.19. The minimum absolute atomic E-state index is 0.187. The number of carbonyl (C=O) groups is 1. The van der Waals surface area contributed by atoms with Crippen LogP contribution in [0, 0.1) is 20.8 Å². The van der Waals surface area contributed by atoms with Crippen LogP contribution in [0.1, 0.15) is 27.2 Å². The van der Waals surface area contributed by atoms with Crippen LogP contribution in [-0.2, 0) is 0 Å². The molecule has 0 saturated carbocycles. The lowest BCUT2D eigenvalue weighted by atomic mass is 10.1. The molecule has 4 rings (SSSR count). The number of rotatable bonds is 4. The van der Waals surface area contributed by atoms with Crippen molar-refractivity contribution in [3.05, 3.63) is 65.1 Å². The van der Waals surface area contributed by atoms with Gasteiger partial charge >= 0.3 is 0 Å². The first-order valence-electron chi connectivity index (χ1n) is 8.87. The van der Waals surface area contributed by atoms with Gasteiger partial charge in [-0.05, 0) is 44.0 Å². The van der Waals surface area contributed by atoms with E-state index in [2.05, 4.69) is 39.7 Å². The van der Waals surface area contributed by atoms with Crippen LogP contribution in [0.15, 0.2) is 42.7 Å². The molecule has 0 fully saturated rings. The zero-order valence-corrected chi connectivity index (χ0v) is 15.9. The quantitative estimate of drug-likeness (QED) is 0.712. The van der Waals surface area contributed by atoms with E-state index >= 15 is 0 Å². The molecule has 0 atom stereocenters. The molecular weight excluding hydrogens is 356 g/mol. The summed E-state index contributed by atoms with van der Waals surface area (Å²) in [6, 6.07) is 9.43. The largest absolute Gasteiger partial charge is 0.454 e. The van der Waals surface area contributed by atoms with Crippen molar-refractivity contribution in [3.63, 3.8) is 0 Å². The predicted molar refractivity (Wildman–Crippen MR) is 106 cm³/mol. The Morgan fingerprint density at radius 3 is 2.43 bits per heavy atom. The number of carbonyl (C=O) groups excluding carboxylic acids is 1. The number of amides is 1. The summed E-state index contributed by atoms with van der Waals surface area (Å²) in [4.78, 5) is 21.0. The maximum atomic E-state index is 12.4. The van der Waals surface area contributed by atoms with E-state index < -0.39 is 0 Å². The summed E-state index contributed by atoms with van der Waals surface area (Å²) < 4.78 is 10.6. The molecule has 0 unspecified atom stereocenters. The van der Waals surface area contributed by atoms with Crippen LogP contribution >= 0.6 is 0 Å². The fourth-order valence-electron chi connectivity index (χ4n) is 3.18. The molecule has 1 aromatic heterocycles. The van der Waals surface area contributed by atoms with Gasteiger partial charge in [-0.1, -0.05) is 17.7 Å². The van der Waals surface area contributed by atoms with E-state index in [-0.39, 0.29) is 18.4 Å². The van der Waals surface area contributed by atoms with Crippen LogP contribution < -0.4 is 20.1 Å². The van der Waals surface area contributed by atoms with Crippen molar-refractivity contribution < 1.29 is 14.3 Å². The van der Waals surface area contributed by atoms with Crippen LogP contribution in [0.3, 0.4) is 0 Å². The Kier molecular flexibility index (Phi) is 4.57. The summed E-state index contributed by atoms with van der Waals surface area (Å²) in [5.41, 5.74) is 5.29. The van der Waals surface area contributed by atoms with Crippen molar-refractivity contribution in [1.29, 1.82) is 0 Å². The Morgan fingerprint density at radius 1 is 0.964 bits per heavy atom. The number of benzene rings is 2. The number of fused-ring (bicyclic) bond motifs is 1. The molecule has 0 radical (unpaired) electrons. The summed E-state index contributed by atoms with van der Waals surface area (Å²) >= 11 is 0. The van der Waals surface area contributed by atoms with E-state index in [0.29, 0.717) is 23.0 Å². The third-order valence-electron chi connectivity index (χ3n) is 4.45. The van der Waals surface area contributed by atoms with Gasteiger partial charge in [0.15, 0.2) is 11.5 Å². The van der Waals surface area contributed by atoms with E-state index in [1.165, 1.54) is 11.8 Å². The third kappa shape index (κ3) is 3.59. The molecule has 7 heteroatoms. The highest BCUT2D eigenvalue weighted by Gasteiger charge is 2.15. The van der Waals surface area contributed by atoms with Gasteiger partial charge in [0, 0.05) is 17.4 Å². The lowest BCUT2D eigenvalue weighted by Crippen LogP contribution is -2.14. The Balaban J connectivity index is 1.46. The van der Waals surface area contributed by atoms with Gasteiger partial charge in [0.25, 0.3) is 5.91 Å². The average Bonchev–Trinajstić information content (AvgIpc) is 3.13. The van der Waals surface area contributed by atoms with Crippen molar-refractivity contribution in [1.82, 2.24) is 9.97 Å². The number of hydrogen-bond donors (Lipinski definition) is 2. The molecule has 1 aliphatic heterocycles. The highest BCUT2D eigenvalue weighted by Crippen LogP contribution is 2.34. The summed E-state index contributed by atoms with van der Waals surface area (Å²) in [6.45, 7) is 6.34. The van der Waals surface area contributed by atoms with Crippen molar-refractivity contribution in [2.24, 2.45) is 0 Å². The van der Waals surface area contributed by atoms with E-state index in [9.17, 15) is 4.79 Å². The molecule has 2 heterocycles. The SMILES string of the molecule is Cc1cc(C)c(Nc2cnc(C(=O)Nc3ccc4c(c3)OCO4)cn2)c(C)c1. The molecule has 0 aliphatic carbocycles. The number of hydrogen-bond acceptors (Lipinski definition) is 6. The first kappa shape index (κ1) is 17.8. The number of anilines is 3. The normalized spacial score (nSPS) is 12.0. The monoisotopic (exact) mass is 376 g/mol. The van der Waals surface area contributed by atoms with Gasteiger partial charge < -0.3 is 20.1 Å². The van der Waals surface area contributed by atoms with Crippen molar-refractivity contribution in [2.45, 2.75) is 20.8 Å². The maximum Gasteiger partial charge on any atom is 0.275 e. The predicted octanol–water partition coefficient (Wildman–Crippen LogP) is 4.13. The number of nitrogens with zero attached hydrogens (tertiary/aromatic N) is 2. The molecule has 142 valence electrons. The topological polar surface area (TPSA) is 85.4 Å². The summed E-state index contributed by atoms with van der Waals surface area (Å²) in [5.74, 6) is 1.50. The fraction of sp³-hybridized carbons (Fsp3) is 0.190. The van der Waals surface area contributed by atoms with Crippen molar-refractivity contribution >= 4 is 23.1 Å². The molecule has 0 bridgehead atoms. The second-order valence-electron chi connectivity index (χ2n) is 6.71. The summed E-state index contributed by atoms with van der Waals surface area (Å²) in [7, 11) is 0. The number of nitrogens with one attached hydrogen (secondary N) is 2. The fourth-order valence-corrected chi connectivity index (χ4v) is 3.18. The minimum Gasteiger partial charge on any atom is -0.454 e. The molecule has 28 heavy (non-hydrogen) atoms. The zero-order chi connectivity index (χ0) is 19.7. The first-order valence-corrected chi connectivity index (χ1v) is 8.87. The van der Waals surface area contributed by atoms with Gasteiger partial charge in [-0.2, -0.15) is 0 Å². The molecule has 2 aromatic carbocycles. The molecule has 1 aliphatic rings. The molecule has 3 aromatic rings. The molecule has 1 amide bonds. The average molecular weight is 376 g/mol. The van der Waals surface area contributed by atoms with Crippen molar-refractivity contribution in [2.75, 3.05) is 17.4 Å². The first-order chi connectivity index (χ1) is 13.5. The van der Waals surface area contributed by atoms with E-state index in [1.807, 2.05) is 13.8 Å². The highest BCUT2D eigenvalue weighted by molar-refractivity contribution is 6.02. The van der Waals surface area contributed by atoms with E-state index in [4.69, 9.17) is 9.47 Å². The highest BCUT2D eigenvalue weighted by atomic mass is 16.7. The summed E-state index contributed by atoms with van der Waals surface area (Å²) in [6.07, 6.45) is 3.00. The van der Waals surface area contributed by atoms with E-state index in [1.54, 1.807) is 24.4 Å². The molecule has 2 N–H and O–H groups in total. The molecule has 0 saturated heterocycles. The number of aromatic nitrogens is 2. The van der Waals surface area contributed by atoms with Gasteiger partial charge in [0.2, 0.25) is 6.79 Å².